The largest absolute Gasteiger partial charge is 0.381 e. The Morgan fingerprint density at radius 3 is 2.86 bits per heavy atom. The molecular weight excluding hydrogens is 266 g/mol. The molecule has 1 spiro atoms. The van der Waals surface area contributed by atoms with Gasteiger partial charge in [0.2, 0.25) is 0 Å². The van der Waals surface area contributed by atoms with E-state index < -0.39 is 0 Å². The number of carbonyl (C=O) groups excluding carboxylic acids is 1. The van der Waals surface area contributed by atoms with E-state index in [0.29, 0.717) is 11.8 Å². The number of piperidine rings is 1. The predicted octanol–water partition coefficient (Wildman–Crippen LogP) is 2.15. The first-order valence-corrected chi connectivity index (χ1v) is 7.88. The summed E-state index contributed by atoms with van der Waals surface area (Å²) in [6.07, 6.45) is 6.06. The van der Waals surface area contributed by atoms with Gasteiger partial charge in [-0.1, -0.05) is 6.42 Å². The molecule has 0 N–H and O–H groups in total. The summed E-state index contributed by atoms with van der Waals surface area (Å²) < 4.78 is 7.47. The van der Waals surface area contributed by atoms with Crippen LogP contribution in [0.5, 0.6) is 0 Å². The summed E-state index contributed by atoms with van der Waals surface area (Å²) in [6.45, 7) is 3.63. The molecule has 3 rings (SSSR count). The number of ether oxygens (including phenoxy) is 1. The Kier molecular flexibility index (Phi) is 3.78. The van der Waals surface area contributed by atoms with Crippen molar-refractivity contribution in [3.8, 4) is 0 Å². The van der Waals surface area contributed by atoms with Gasteiger partial charge in [0.05, 0.1) is 6.10 Å². The zero-order chi connectivity index (χ0) is 15.0. The number of hydrogen-bond acceptors (Lipinski definition) is 3. The molecule has 2 aliphatic rings. The molecule has 2 fully saturated rings. The maximum Gasteiger partial charge on any atom is 0.274 e. The van der Waals surface area contributed by atoms with E-state index in [-0.39, 0.29) is 11.3 Å². The van der Waals surface area contributed by atoms with Crippen molar-refractivity contribution in [2.45, 2.75) is 45.1 Å². The fourth-order valence-electron chi connectivity index (χ4n) is 4.10. The highest BCUT2D eigenvalue weighted by atomic mass is 16.5. The average molecular weight is 291 g/mol. The van der Waals surface area contributed by atoms with Crippen LogP contribution >= 0.6 is 0 Å². The summed E-state index contributed by atoms with van der Waals surface area (Å²) in [4.78, 5) is 14.7. The highest BCUT2D eigenvalue weighted by molar-refractivity contribution is 5.92. The van der Waals surface area contributed by atoms with Crippen LogP contribution in [0.25, 0.3) is 0 Å². The molecule has 1 saturated heterocycles. The van der Waals surface area contributed by atoms with Crippen molar-refractivity contribution in [2.75, 3.05) is 20.2 Å². The molecule has 0 unspecified atom stereocenters. The van der Waals surface area contributed by atoms with Gasteiger partial charge in [0.25, 0.3) is 5.91 Å². The van der Waals surface area contributed by atoms with Gasteiger partial charge in [0.1, 0.15) is 0 Å². The van der Waals surface area contributed by atoms with Gasteiger partial charge in [-0.2, -0.15) is 5.10 Å². The van der Waals surface area contributed by atoms with Gasteiger partial charge in [-0.05, 0) is 38.7 Å². The predicted molar refractivity (Wildman–Crippen MR) is 80.2 cm³/mol. The molecule has 1 aliphatic heterocycles. The fraction of sp³-hybridized carbons (Fsp3) is 0.750. The number of hydrogen-bond donors (Lipinski definition) is 0. The summed E-state index contributed by atoms with van der Waals surface area (Å²) in [5.41, 5.74) is 1.76. The van der Waals surface area contributed by atoms with Crippen LogP contribution in [0.3, 0.4) is 0 Å². The van der Waals surface area contributed by atoms with Crippen molar-refractivity contribution in [3.63, 3.8) is 0 Å². The number of amides is 1. The van der Waals surface area contributed by atoms with E-state index >= 15 is 0 Å². The highest BCUT2D eigenvalue weighted by Gasteiger charge is 2.46. The summed E-state index contributed by atoms with van der Waals surface area (Å²) in [7, 11) is 3.68. The summed E-state index contributed by atoms with van der Waals surface area (Å²) in [5.74, 6) is 0.0690. The normalized spacial score (nSPS) is 29.3. The second-order valence-electron chi connectivity index (χ2n) is 6.60. The molecule has 2 heterocycles. The Bertz CT molecular complexity index is 520. The molecule has 5 heteroatoms. The third kappa shape index (κ3) is 2.48. The van der Waals surface area contributed by atoms with Crippen molar-refractivity contribution in [1.29, 1.82) is 0 Å². The lowest BCUT2D eigenvalue weighted by Gasteiger charge is -2.43. The van der Waals surface area contributed by atoms with Crippen LogP contribution < -0.4 is 0 Å². The van der Waals surface area contributed by atoms with Gasteiger partial charge in [-0.25, -0.2) is 0 Å². The van der Waals surface area contributed by atoms with Crippen LogP contribution in [0.15, 0.2) is 6.07 Å². The Morgan fingerprint density at radius 2 is 2.19 bits per heavy atom. The van der Waals surface area contributed by atoms with E-state index in [2.05, 4.69) is 5.10 Å². The lowest BCUT2D eigenvalue weighted by molar-refractivity contribution is -0.0296. The zero-order valence-electron chi connectivity index (χ0n) is 13.3. The first-order valence-electron chi connectivity index (χ1n) is 7.88. The van der Waals surface area contributed by atoms with E-state index in [1.165, 1.54) is 19.3 Å². The minimum Gasteiger partial charge on any atom is -0.381 e. The Labute approximate surface area is 126 Å². The monoisotopic (exact) mass is 291 g/mol. The Hall–Kier alpha value is -1.36. The Morgan fingerprint density at radius 1 is 1.43 bits per heavy atom. The minimum absolute atomic E-state index is 0.0690. The molecule has 0 bridgehead atoms. The van der Waals surface area contributed by atoms with E-state index in [0.717, 1.165) is 31.6 Å². The first kappa shape index (κ1) is 14.6. The van der Waals surface area contributed by atoms with Crippen molar-refractivity contribution >= 4 is 5.91 Å². The third-order valence-corrected chi connectivity index (χ3v) is 5.34. The molecule has 1 aliphatic carbocycles. The molecule has 1 saturated carbocycles. The Balaban J connectivity index is 1.78. The van der Waals surface area contributed by atoms with Crippen molar-refractivity contribution in [1.82, 2.24) is 14.7 Å². The molecule has 0 radical (unpaired) electrons. The van der Waals surface area contributed by atoms with Gasteiger partial charge in [0.15, 0.2) is 5.69 Å². The van der Waals surface area contributed by atoms with Gasteiger partial charge < -0.3 is 9.64 Å². The van der Waals surface area contributed by atoms with Gasteiger partial charge in [0, 0.05) is 38.4 Å². The smallest absolute Gasteiger partial charge is 0.274 e. The quantitative estimate of drug-likeness (QED) is 0.839. The van der Waals surface area contributed by atoms with E-state index in [4.69, 9.17) is 4.74 Å². The molecule has 116 valence electrons. The van der Waals surface area contributed by atoms with Crippen molar-refractivity contribution < 1.29 is 9.53 Å². The van der Waals surface area contributed by atoms with Crippen molar-refractivity contribution in [2.24, 2.45) is 12.5 Å². The fourth-order valence-corrected chi connectivity index (χ4v) is 4.10. The summed E-state index contributed by atoms with van der Waals surface area (Å²) in [5, 5.41) is 4.33. The highest BCUT2D eigenvalue weighted by Crippen LogP contribution is 2.46. The summed E-state index contributed by atoms with van der Waals surface area (Å²) in [6, 6.07) is 1.88. The lowest BCUT2D eigenvalue weighted by Crippen LogP contribution is -2.49. The van der Waals surface area contributed by atoms with Crippen LogP contribution in [-0.2, 0) is 11.8 Å². The van der Waals surface area contributed by atoms with E-state index in [1.807, 2.05) is 24.9 Å². The number of likely N-dealkylation sites (tertiary alicyclic amines) is 1. The maximum absolute atomic E-state index is 12.7. The maximum atomic E-state index is 12.7. The van der Waals surface area contributed by atoms with Gasteiger partial charge in [-0.3, -0.25) is 9.48 Å². The first-order chi connectivity index (χ1) is 10.1. The number of aryl methyl sites for hydroxylation is 2. The van der Waals surface area contributed by atoms with Crippen LogP contribution in [-0.4, -0.2) is 46.9 Å². The molecule has 1 aromatic heterocycles. The van der Waals surface area contributed by atoms with Crippen LogP contribution in [0.4, 0.5) is 0 Å². The van der Waals surface area contributed by atoms with Gasteiger partial charge in [-0.15, -0.1) is 0 Å². The number of aromatic nitrogens is 2. The van der Waals surface area contributed by atoms with Crippen molar-refractivity contribution in [3.05, 3.63) is 17.5 Å². The van der Waals surface area contributed by atoms with Crippen LogP contribution in [0, 0.1) is 12.3 Å². The SMILES string of the molecule is CO[C@@H]1CCC[C@@]12CCCN(C(=O)c1cc(C)n(C)n1)C2. The van der Waals surface area contributed by atoms with Crippen LogP contribution in [0.1, 0.15) is 48.3 Å². The lowest BCUT2D eigenvalue weighted by atomic mass is 9.76. The molecule has 1 amide bonds. The molecular formula is C16H25N3O2. The molecule has 1 aromatic rings. The third-order valence-electron chi connectivity index (χ3n) is 5.34. The van der Waals surface area contributed by atoms with E-state index in [1.54, 1.807) is 11.8 Å². The topological polar surface area (TPSA) is 47.4 Å². The standard InChI is InChI=1S/C16H25N3O2/c1-12-10-13(17-18(12)2)15(20)19-9-5-8-16(11-19)7-4-6-14(16)21-3/h10,14H,4-9,11H2,1-3H3/t14-,16+/m1/s1. The summed E-state index contributed by atoms with van der Waals surface area (Å²) >= 11 is 0. The van der Waals surface area contributed by atoms with E-state index in [9.17, 15) is 4.79 Å². The average Bonchev–Trinajstić information content (AvgIpc) is 3.02. The number of nitrogens with zero attached hydrogens (tertiary/aromatic N) is 3. The minimum atomic E-state index is 0.0690. The van der Waals surface area contributed by atoms with Crippen LogP contribution in [0.2, 0.25) is 0 Å². The van der Waals surface area contributed by atoms with Gasteiger partial charge >= 0.3 is 0 Å². The number of carbonyl (C=O) groups is 1. The second kappa shape index (κ2) is 5.44. The molecule has 0 aromatic carbocycles. The second-order valence-corrected chi connectivity index (χ2v) is 6.60. The molecule has 21 heavy (non-hydrogen) atoms. The molecule has 5 nitrogen and oxygen atoms in total. The molecule has 2 atom stereocenters. The number of methoxy groups -OCH3 is 1. The number of rotatable bonds is 2. The zero-order valence-corrected chi connectivity index (χ0v) is 13.3.